The summed E-state index contributed by atoms with van der Waals surface area (Å²) in [5.74, 6) is 1.06. The first kappa shape index (κ1) is 15.5. The summed E-state index contributed by atoms with van der Waals surface area (Å²) in [6.07, 6.45) is 7.66. The molecule has 23 heavy (non-hydrogen) atoms. The maximum absolute atomic E-state index is 4.46. The highest BCUT2D eigenvalue weighted by molar-refractivity contribution is 5.42. The van der Waals surface area contributed by atoms with Crippen LogP contribution in [0.1, 0.15) is 44.2 Å². The molecule has 1 N–H and O–H groups in total. The minimum absolute atomic E-state index is 0.202. The molecule has 120 valence electrons. The lowest BCUT2D eigenvalue weighted by atomic mass is 10.1. The molecule has 0 aliphatic heterocycles. The lowest BCUT2D eigenvalue weighted by Gasteiger charge is -2.19. The van der Waals surface area contributed by atoms with Crippen LogP contribution in [0.5, 0.6) is 0 Å². The second-order valence-electron chi connectivity index (χ2n) is 5.96. The zero-order valence-corrected chi connectivity index (χ0v) is 13.8. The molecule has 0 bridgehead atoms. The fourth-order valence-corrected chi connectivity index (χ4v) is 2.78. The van der Waals surface area contributed by atoms with Crippen LogP contribution in [0.2, 0.25) is 0 Å². The molecule has 1 atom stereocenters. The standard InChI is InChI=1S/C18H23N5/c1-14(2)22-12-10-19-18(22)13-20-15(3)16-7-4-5-8-17(16)23-11-6-9-21-23/h4-12,14-15,20H,13H2,1-3H3. The highest BCUT2D eigenvalue weighted by atomic mass is 15.3. The molecule has 0 saturated carbocycles. The molecular formula is C18H23N5. The van der Waals surface area contributed by atoms with Gasteiger partial charge in [-0.15, -0.1) is 0 Å². The molecule has 0 amide bonds. The van der Waals surface area contributed by atoms with Crippen molar-refractivity contribution in [3.63, 3.8) is 0 Å². The van der Waals surface area contributed by atoms with Gasteiger partial charge >= 0.3 is 0 Å². The molecule has 0 fully saturated rings. The minimum atomic E-state index is 0.202. The van der Waals surface area contributed by atoms with Crippen molar-refractivity contribution in [2.75, 3.05) is 0 Å². The van der Waals surface area contributed by atoms with Crippen LogP contribution in [0.15, 0.2) is 55.1 Å². The van der Waals surface area contributed by atoms with Crippen molar-refractivity contribution in [1.82, 2.24) is 24.6 Å². The van der Waals surface area contributed by atoms with Gasteiger partial charge in [-0.1, -0.05) is 18.2 Å². The number of aromatic nitrogens is 4. The van der Waals surface area contributed by atoms with Crippen LogP contribution >= 0.6 is 0 Å². The zero-order valence-electron chi connectivity index (χ0n) is 13.8. The molecule has 0 spiro atoms. The molecule has 2 heterocycles. The van der Waals surface area contributed by atoms with Gasteiger partial charge in [0, 0.05) is 36.9 Å². The number of hydrogen-bond acceptors (Lipinski definition) is 3. The van der Waals surface area contributed by atoms with Crippen molar-refractivity contribution < 1.29 is 0 Å². The number of benzene rings is 1. The number of imidazole rings is 1. The predicted octanol–water partition coefficient (Wildman–Crippen LogP) is 3.50. The van der Waals surface area contributed by atoms with E-state index in [-0.39, 0.29) is 6.04 Å². The summed E-state index contributed by atoms with van der Waals surface area (Å²) in [7, 11) is 0. The van der Waals surface area contributed by atoms with Gasteiger partial charge in [-0.05, 0) is 38.5 Å². The van der Waals surface area contributed by atoms with Crippen LogP contribution < -0.4 is 5.32 Å². The van der Waals surface area contributed by atoms with Gasteiger partial charge in [0.25, 0.3) is 0 Å². The Kier molecular flexibility index (Phi) is 4.57. The molecule has 1 aromatic carbocycles. The Morgan fingerprint density at radius 2 is 1.87 bits per heavy atom. The molecule has 3 rings (SSSR count). The van der Waals surface area contributed by atoms with E-state index in [9.17, 15) is 0 Å². The van der Waals surface area contributed by atoms with Crippen LogP contribution in [0.3, 0.4) is 0 Å². The average molecular weight is 309 g/mol. The van der Waals surface area contributed by atoms with E-state index in [1.165, 1.54) is 5.56 Å². The van der Waals surface area contributed by atoms with Crippen LogP contribution in [0, 0.1) is 0 Å². The Bertz CT molecular complexity index is 742. The third-order valence-corrected chi connectivity index (χ3v) is 4.03. The Balaban J connectivity index is 1.77. The van der Waals surface area contributed by atoms with E-state index in [4.69, 9.17) is 0 Å². The lowest BCUT2D eigenvalue weighted by molar-refractivity contribution is 0.508. The first-order valence-electron chi connectivity index (χ1n) is 8.01. The van der Waals surface area contributed by atoms with E-state index in [0.717, 1.165) is 18.1 Å². The van der Waals surface area contributed by atoms with E-state index < -0.39 is 0 Å². The largest absolute Gasteiger partial charge is 0.331 e. The van der Waals surface area contributed by atoms with Crippen LogP contribution in [0.25, 0.3) is 5.69 Å². The molecule has 5 nitrogen and oxygen atoms in total. The number of hydrogen-bond donors (Lipinski definition) is 1. The van der Waals surface area contributed by atoms with Crippen molar-refractivity contribution in [2.24, 2.45) is 0 Å². The Morgan fingerprint density at radius 1 is 1.04 bits per heavy atom. The molecule has 2 aromatic heterocycles. The molecule has 5 heteroatoms. The van der Waals surface area contributed by atoms with E-state index >= 15 is 0 Å². The van der Waals surface area contributed by atoms with Gasteiger partial charge in [-0.25, -0.2) is 9.67 Å². The number of nitrogens with one attached hydrogen (secondary N) is 1. The Labute approximate surface area is 137 Å². The number of para-hydroxylation sites is 1. The molecule has 0 aliphatic carbocycles. The fraction of sp³-hybridized carbons (Fsp3) is 0.333. The van der Waals surface area contributed by atoms with Crippen molar-refractivity contribution in [2.45, 2.75) is 39.4 Å². The van der Waals surface area contributed by atoms with Gasteiger partial charge in [0.2, 0.25) is 0 Å². The van der Waals surface area contributed by atoms with Crippen LogP contribution in [0.4, 0.5) is 0 Å². The van der Waals surface area contributed by atoms with Crippen molar-refractivity contribution in [1.29, 1.82) is 0 Å². The van der Waals surface area contributed by atoms with E-state index in [0.29, 0.717) is 6.04 Å². The predicted molar refractivity (Wildman–Crippen MR) is 91.4 cm³/mol. The summed E-state index contributed by atoms with van der Waals surface area (Å²) in [5.41, 5.74) is 2.32. The second-order valence-corrected chi connectivity index (χ2v) is 5.96. The van der Waals surface area contributed by atoms with Crippen molar-refractivity contribution in [3.05, 3.63) is 66.5 Å². The zero-order chi connectivity index (χ0) is 16.2. The van der Waals surface area contributed by atoms with E-state index in [2.05, 4.69) is 58.9 Å². The normalized spacial score (nSPS) is 12.7. The minimum Gasteiger partial charge on any atom is -0.331 e. The number of rotatable bonds is 6. The molecule has 3 aromatic rings. The molecule has 0 radical (unpaired) electrons. The smallest absolute Gasteiger partial charge is 0.122 e. The maximum Gasteiger partial charge on any atom is 0.122 e. The summed E-state index contributed by atoms with van der Waals surface area (Å²) >= 11 is 0. The summed E-state index contributed by atoms with van der Waals surface area (Å²) in [6, 6.07) is 10.9. The third kappa shape index (κ3) is 3.35. The van der Waals surface area contributed by atoms with Gasteiger partial charge in [-0.2, -0.15) is 5.10 Å². The summed E-state index contributed by atoms with van der Waals surface area (Å²) in [5, 5.41) is 7.92. The first-order valence-corrected chi connectivity index (χ1v) is 8.01. The molecular weight excluding hydrogens is 286 g/mol. The van der Waals surface area contributed by atoms with Crippen LogP contribution in [-0.4, -0.2) is 19.3 Å². The van der Waals surface area contributed by atoms with Crippen LogP contribution in [-0.2, 0) is 6.54 Å². The quantitative estimate of drug-likeness (QED) is 0.758. The molecule has 1 unspecified atom stereocenters. The average Bonchev–Trinajstić information content (AvgIpc) is 3.23. The fourth-order valence-electron chi connectivity index (χ4n) is 2.78. The Morgan fingerprint density at radius 3 is 2.61 bits per heavy atom. The van der Waals surface area contributed by atoms with Gasteiger partial charge in [0.15, 0.2) is 0 Å². The second kappa shape index (κ2) is 6.79. The lowest BCUT2D eigenvalue weighted by Crippen LogP contribution is -2.22. The van der Waals surface area contributed by atoms with E-state index in [1.54, 1.807) is 6.20 Å². The van der Waals surface area contributed by atoms with E-state index in [1.807, 2.05) is 35.4 Å². The van der Waals surface area contributed by atoms with Crippen molar-refractivity contribution >= 4 is 0 Å². The molecule has 0 saturated heterocycles. The highest BCUT2D eigenvalue weighted by Gasteiger charge is 2.13. The summed E-state index contributed by atoms with van der Waals surface area (Å²) in [6.45, 7) is 7.24. The first-order chi connectivity index (χ1) is 11.2. The topological polar surface area (TPSA) is 47.7 Å². The highest BCUT2D eigenvalue weighted by Crippen LogP contribution is 2.21. The summed E-state index contributed by atoms with van der Waals surface area (Å²) in [4.78, 5) is 4.46. The van der Waals surface area contributed by atoms with Gasteiger partial charge in [0.1, 0.15) is 5.82 Å². The van der Waals surface area contributed by atoms with Gasteiger partial charge in [0.05, 0.1) is 12.2 Å². The van der Waals surface area contributed by atoms with Crippen molar-refractivity contribution in [3.8, 4) is 5.69 Å². The molecule has 0 aliphatic rings. The van der Waals surface area contributed by atoms with Gasteiger partial charge < -0.3 is 9.88 Å². The summed E-state index contributed by atoms with van der Waals surface area (Å²) < 4.78 is 4.10. The Hall–Kier alpha value is -2.40. The van der Waals surface area contributed by atoms with Gasteiger partial charge in [-0.3, -0.25) is 0 Å². The SMILES string of the molecule is CC(NCc1nccn1C(C)C)c1ccccc1-n1cccn1. The maximum atomic E-state index is 4.46. The number of nitrogens with zero attached hydrogens (tertiary/aromatic N) is 4. The third-order valence-electron chi connectivity index (χ3n) is 4.03. The monoisotopic (exact) mass is 309 g/mol.